The van der Waals surface area contributed by atoms with Gasteiger partial charge in [0.2, 0.25) is 0 Å². The molecule has 0 fully saturated rings. The van der Waals surface area contributed by atoms with E-state index in [1.165, 1.54) is 21.5 Å². The molecule has 0 aliphatic rings. The Bertz CT molecular complexity index is 635. The molecule has 4 aromatic carbocycles. The first-order valence-electron chi connectivity index (χ1n) is 6.14. The van der Waals surface area contributed by atoms with E-state index in [1.54, 1.807) is 0 Å². The third kappa shape index (κ3) is 7.42. The van der Waals surface area contributed by atoms with Crippen molar-refractivity contribution in [3.05, 3.63) is 84.9 Å². The molecule has 0 aromatic heterocycles. The smallest absolute Gasteiger partial charge is 1.00 e. The van der Waals surface area contributed by atoms with E-state index in [0.717, 1.165) is 0 Å². The van der Waals surface area contributed by atoms with Crippen LogP contribution >= 0.6 is 0 Å². The molecule has 5 heteroatoms. The van der Waals surface area contributed by atoms with Crippen molar-refractivity contribution in [2.24, 2.45) is 0 Å². The van der Waals surface area contributed by atoms with Crippen LogP contribution in [0.15, 0.2) is 84.9 Å². The van der Waals surface area contributed by atoms with Crippen LogP contribution in [0.4, 0.5) is 0 Å². The van der Waals surface area contributed by atoms with Crippen molar-refractivity contribution in [3.63, 3.8) is 0 Å². The molecule has 0 aliphatic heterocycles. The Balaban J connectivity index is -0.000000286. The normalized spacial score (nSPS) is 8.00. The van der Waals surface area contributed by atoms with Crippen LogP contribution in [0.25, 0.3) is 21.5 Å². The first-order valence-corrected chi connectivity index (χ1v) is 6.14. The van der Waals surface area contributed by atoms with Gasteiger partial charge in [-0.25, -0.2) is 0 Å². The minimum absolute atomic E-state index is 0. The number of fused-ring (bicyclic) bond motifs is 2. The summed E-state index contributed by atoms with van der Waals surface area (Å²) >= 11 is 0. The van der Waals surface area contributed by atoms with Gasteiger partial charge < -0.3 is 49.6 Å². The van der Waals surface area contributed by atoms with Crippen LogP contribution in [0.1, 0.15) is 0 Å². The van der Waals surface area contributed by atoms with E-state index < -0.39 is 0 Å². The average molecular weight is 463 g/mol. The molecule has 0 unspecified atom stereocenters. The summed E-state index contributed by atoms with van der Waals surface area (Å²) in [5.74, 6) is 0. The van der Waals surface area contributed by atoms with Crippen LogP contribution in [-0.4, -0.2) is 0 Å². The van der Waals surface area contributed by atoms with Gasteiger partial charge in [0.05, 0.1) is 0 Å². The van der Waals surface area contributed by atoms with Gasteiger partial charge >= 0.3 is 26.2 Å². The standard InChI is InChI=1S/2C9H7.4ClH.Zr/c2*1-2-5-9-7-3-6-8(9)4-1;;;;;/h2*1-7H;4*1H;/q2*-1;;;;;+4/p-4. The maximum Gasteiger partial charge on any atom is 4.00 e. The maximum atomic E-state index is 2.12. The summed E-state index contributed by atoms with van der Waals surface area (Å²) in [5.41, 5.74) is 0. The van der Waals surface area contributed by atoms with Crippen molar-refractivity contribution in [1.82, 2.24) is 0 Å². The van der Waals surface area contributed by atoms with Crippen molar-refractivity contribution in [3.8, 4) is 0 Å². The van der Waals surface area contributed by atoms with Crippen molar-refractivity contribution < 1.29 is 75.8 Å². The molecule has 0 amide bonds. The Hall–Kier alpha value is -0.297. The zero-order valence-electron chi connectivity index (χ0n) is 12.1. The molecular weight excluding hydrogens is 449 g/mol. The summed E-state index contributed by atoms with van der Waals surface area (Å²) in [6, 6.07) is 29.3. The van der Waals surface area contributed by atoms with Crippen LogP contribution in [0.5, 0.6) is 0 Å². The molecular formula is C18H14Cl4Zr-2. The molecule has 0 atom stereocenters. The number of halogens is 4. The molecule has 0 saturated carbocycles. The van der Waals surface area contributed by atoms with E-state index in [0.29, 0.717) is 0 Å². The Labute approximate surface area is 181 Å². The topological polar surface area (TPSA) is 0 Å². The summed E-state index contributed by atoms with van der Waals surface area (Å²) in [6.45, 7) is 0. The fraction of sp³-hybridized carbons (Fsp3) is 0. The number of benzene rings is 2. The third-order valence-electron chi connectivity index (χ3n) is 3.10. The van der Waals surface area contributed by atoms with Gasteiger partial charge in [-0.2, -0.15) is 35.0 Å². The first-order chi connectivity index (χ1) is 8.93. The monoisotopic (exact) mass is 460 g/mol. The van der Waals surface area contributed by atoms with Crippen LogP contribution in [0.3, 0.4) is 0 Å². The van der Waals surface area contributed by atoms with Gasteiger partial charge in [0, 0.05) is 0 Å². The minimum Gasteiger partial charge on any atom is -1.00 e. The Morgan fingerprint density at radius 1 is 0.478 bits per heavy atom. The minimum atomic E-state index is 0. The van der Waals surface area contributed by atoms with E-state index in [9.17, 15) is 0 Å². The summed E-state index contributed by atoms with van der Waals surface area (Å²) in [4.78, 5) is 0. The van der Waals surface area contributed by atoms with Gasteiger partial charge in [-0.05, 0) is 0 Å². The fourth-order valence-electron chi connectivity index (χ4n) is 2.14. The summed E-state index contributed by atoms with van der Waals surface area (Å²) in [5, 5.41) is 5.32. The van der Waals surface area contributed by atoms with E-state index in [2.05, 4.69) is 84.9 Å². The second-order valence-electron chi connectivity index (χ2n) is 4.31. The SMILES string of the molecule is [Cl-].[Cl-].[Cl-].[Cl-].[Zr+4].c1ccc2[cH-]ccc2c1.c1ccc2[cH-]ccc2c1. The zero-order valence-corrected chi connectivity index (χ0v) is 17.6. The molecule has 4 aromatic rings. The van der Waals surface area contributed by atoms with Gasteiger partial charge in [-0.3, -0.25) is 0 Å². The second kappa shape index (κ2) is 14.1. The van der Waals surface area contributed by atoms with Gasteiger partial charge in [-0.15, -0.1) is 59.3 Å². The largest absolute Gasteiger partial charge is 4.00 e. The fourth-order valence-corrected chi connectivity index (χ4v) is 2.14. The van der Waals surface area contributed by atoms with Crippen molar-refractivity contribution >= 4 is 21.5 Å². The average Bonchev–Trinajstić information content (AvgIpc) is 3.08. The van der Waals surface area contributed by atoms with E-state index in [1.807, 2.05) is 0 Å². The molecule has 0 bridgehead atoms. The third-order valence-corrected chi connectivity index (χ3v) is 3.10. The summed E-state index contributed by atoms with van der Waals surface area (Å²) < 4.78 is 0. The van der Waals surface area contributed by atoms with Crippen LogP contribution in [-0.2, 0) is 26.2 Å². The van der Waals surface area contributed by atoms with Crippen LogP contribution in [0.2, 0.25) is 0 Å². The van der Waals surface area contributed by atoms with E-state index in [4.69, 9.17) is 0 Å². The van der Waals surface area contributed by atoms with E-state index in [-0.39, 0.29) is 75.8 Å². The van der Waals surface area contributed by atoms with E-state index >= 15 is 0 Å². The Kier molecular flexibility index (Phi) is 16.9. The van der Waals surface area contributed by atoms with Gasteiger partial charge in [0.1, 0.15) is 0 Å². The van der Waals surface area contributed by atoms with Crippen LogP contribution < -0.4 is 49.6 Å². The van der Waals surface area contributed by atoms with Gasteiger partial charge in [-0.1, -0.05) is 12.1 Å². The van der Waals surface area contributed by atoms with Gasteiger partial charge in [0.15, 0.2) is 0 Å². The number of hydrogen-bond donors (Lipinski definition) is 0. The van der Waals surface area contributed by atoms with Crippen molar-refractivity contribution in [1.29, 1.82) is 0 Å². The molecule has 23 heavy (non-hydrogen) atoms. The molecule has 4 rings (SSSR count). The summed E-state index contributed by atoms with van der Waals surface area (Å²) in [6.07, 6.45) is 0. The molecule has 120 valence electrons. The Morgan fingerprint density at radius 3 is 1.17 bits per heavy atom. The molecule has 0 saturated heterocycles. The molecule has 0 N–H and O–H groups in total. The summed E-state index contributed by atoms with van der Waals surface area (Å²) in [7, 11) is 0. The maximum absolute atomic E-state index is 2.12. The zero-order chi connectivity index (χ0) is 12.2. The number of hydrogen-bond acceptors (Lipinski definition) is 0. The molecule has 0 nitrogen and oxygen atoms in total. The van der Waals surface area contributed by atoms with Gasteiger partial charge in [0.25, 0.3) is 0 Å². The predicted molar refractivity (Wildman–Crippen MR) is 79.1 cm³/mol. The predicted octanol–water partition coefficient (Wildman–Crippen LogP) is -6.87. The second-order valence-corrected chi connectivity index (χ2v) is 4.31. The molecule has 0 aliphatic carbocycles. The molecule has 0 radical (unpaired) electrons. The van der Waals surface area contributed by atoms with Crippen LogP contribution in [0, 0.1) is 0 Å². The van der Waals surface area contributed by atoms with Crippen molar-refractivity contribution in [2.75, 3.05) is 0 Å². The van der Waals surface area contributed by atoms with Crippen molar-refractivity contribution in [2.45, 2.75) is 0 Å². The molecule has 0 heterocycles. The Morgan fingerprint density at radius 2 is 0.826 bits per heavy atom. The number of rotatable bonds is 0. The quantitative estimate of drug-likeness (QED) is 0.228. The first kappa shape index (κ1) is 27.5. The molecule has 0 spiro atoms.